The first kappa shape index (κ1) is 12.9. The minimum absolute atomic E-state index is 0.00210. The van der Waals surface area contributed by atoms with Crippen molar-refractivity contribution in [1.82, 2.24) is 15.1 Å². The molecule has 0 aromatic carbocycles. The van der Waals surface area contributed by atoms with Gasteiger partial charge in [0.15, 0.2) is 5.69 Å². The van der Waals surface area contributed by atoms with Crippen LogP contribution in [0.5, 0.6) is 0 Å². The Kier molecular flexibility index (Phi) is 3.86. The molecule has 1 atom stereocenters. The van der Waals surface area contributed by atoms with E-state index < -0.39 is 0 Å². The molecule has 1 aliphatic heterocycles. The quantitative estimate of drug-likeness (QED) is 0.729. The Morgan fingerprint density at radius 2 is 2.44 bits per heavy atom. The number of hydrogen-bond acceptors (Lipinski definition) is 4. The van der Waals surface area contributed by atoms with E-state index in [0.717, 1.165) is 31.4 Å². The zero-order valence-corrected chi connectivity index (χ0v) is 10.6. The van der Waals surface area contributed by atoms with Gasteiger partial charge in [0.05, 0.1) is 24.0 Å². The van der Waals surface area contributed by atoms with E-state index in [1.54, 1.807) is 4.90 Å². The number of aliphatic hydroxyl groups is 1. The van der Waals surface area contributed by atoms with Gasteiger partial charge < -0.3 is 15.7 Å². The fourth-order valence-corrected chi connectivity index (χ4v) is 2.42. The molecule has 4 N–H and O–H groups in total. The molecule has 1 fully saturated rings. The van der Waals surface area contributed by atoms with E-state index in [-0.39, 0.29) is 18.6 Å². The number of nitrogen functional groups attached to an aromatic ring is 1. The lowest BCUT2D eigenvalue weighted by Crippen LogP contribution is -2.38. The monoisotopic (exact) mass is 252 g/mol. The molecule has 0 aliphatic carbocycles. The van der Waals surface area contributed by atoms with E-state index in [1.807, 2.05) is 6.92 Å². The van der Waals surface area contributed by atoms with Crippen molar-refractivity contribution < 1.29 is 9.90 Å². The normalized spacial score (nSPS) is 19.4. The second kappa shape index (κ2) is 5.39. The molecular weight excluding hydrogens is 232 g/mol. The highest BCUT2D eigenvalue weighted by Crippen LogP contribution is 2.23. The number of carbonyl (C=O) groups is 1. The summed E-state index contributed by atoms with van der Waals surface area (Å²) < 4.78 is 0. The minimum atomic E-state index is -0.178. The number of H-pyrrole nitrogens is 1. The first-order chi connectivity index (χ1) is 8.69. The van der Waals surface area contributed by atoms with E-state index >= 15 is 0 Å². The van der Waals surface area contributed by atoms with Crippen LogP contribution in [-0.4, -0.2) is 45.3 Å². The van der Waals surface area contributed by atoms with E-state index in [1.165, 1.54) is 0 Å². The Balaban J connectivity index is 2.18. The molecule has 2 heterocycles. The summed E-state index contributed by atoms with van der Waals surface area (Å²) in [6.07, 6.45) is 3.50. The maximum atomic E-state index is 12.3. The summed E-state index contributed by atoms with van der Waals surface area (Å²) >= 11 is 0. The van der Waals surface area contributed by atoms with Crippen LogP contribution in [0.1, 0.15) is 42.4 Å². The molecule has 1 aromatic rings. The second-order valence-corrected chi connectivity index (χ2v) is 4.69. The van der Waals surface area contributed by atoms with E-state index in [2.05, 4.69) is 10.2 Å². The number of carbonyl (C=O) groups excluding carboxylic acids is 1. The predicted octanol–water partition coefficient (Wildman–Crippen LogP) is 0.541. The SMILES string of the molecule is CCCc1[nH]nc(C(=O)N2CCCC2CO)c1N. The van der Waals surface area contributed by atoms with E-state index in [9.17, 15) is 9.90 Å². The fourth-order valence-electron chi connectivity index (χ4n) is 2.42. The number of aliphatic hydroxyl groups excluding tert-OH is 1. The van der Waals surface area contributed by atoms with Crippen molar-refractivity contribution in [3.8, 4) is 0 Å². The summed E-state index contributed by atoms with van der Waals surface area (Å²) in [5.74, 6) is -0.178. The lowest BCUT2D eigenvalue weighted by atomic mass is 10.2. The van der Waals surface area contributed by atoms with Gasteiger partial charge in [-0.3, -0.25) is 9.89 Å². The maximum Gasteiger partial charge on any atom is 0.276 e. The smallest absolute Gasteiger partial charge is 0.276 e. The van der Waals surface area contributed by atoms with Crippen LogP contribution < -0.4 is 5.73 Å². The lowest BCUT2D eigenvalue weighted by molar-refractivity contribution is 0.0673. The van der Waals surface area contributed by atoms with Crippen LogP contribution >= 0.6 is 0 Å². The number of aromatic amines is 1. The van der Waals surface area contributed by atoms with Crippen LogP contribution in [0, 0.1) is 0 Å². The highest BCUT2D eigenvalue weighted by atomic mass is 16.3. The van der Waals surface area contributed by atoms with Crippen molar-refractivity contribution in [2.45, 2.75) is 38.6 Å². The topological polar surface area (TPSA) is 95.2 Å². The highest BCUT2D eigenvalue weighted by molar-refractivity contribution is 5.98. The number of nitrogens with one attached hydrogen (secondary N) is 1. The van der Waals surface area contributed by atoms with Crippen LogP contribution in [0.2, 0.25) is 0 Å². The number of aryl methyl sites for hydroxylation is 1. The Labute approximate surface area is 106 Å². The Hall–Kier alpha value is -1.56. The van der Waals surface area contributed by atoms with Crippen LogP contribution in [0.25, 0.3) is 0 Å². The van der Waals surface area contributed by atoms with Gasteiger partial charge in [-0.25, -0.2) is 0 Å². The summed E-state index contributed by atoms with van der Waals surface area (Å²) in [5.41, 5.74) is 7.50. The van der Waals surface area contributed by atoms with Crippen LogP contribution in [0.15, 0.2) is 0 Å². The van der Waals surface area contributed by atoms with Crippen LogP contribution in [-0.2, 0) is 6.42 Å². The molecule has 1 aromatic heterocycles. The number of nitrogens with two attached hydrogens (primary N) is 1. The molecule has 0 bridgehead atoms. The van der Waals surface area contributed by atoms with Gasteiger partial charge in [-0.2, -0.15) is 5.10 Å². The minimum Gasteiger partial charge on any atom is -0.395 e. The van der Waals surface area contributed by atoms with Gasteiger partial charge in [0.2, 0.25) is 0 Å². The summed E-state index contributed by atoms with van der Waals surface area (Å²) in [6.45, 7) is 2.71. The maximum absolute atomic E-state index is 12.3. The number of likely N-dealkylation sites (tertiary alicyclic amines) is 1. The number of aromatic nitrogens is 2. The number of amides is 1. The molecule has 6 heteroatoms. The molecule has 1 amide bonds. The Morgan fingerprint density at radius 1 is 1.67 bits per heavy atom. The van der Waals surface area contributed by atoms with Crippen molar-refractivity contribution in [1.29, 1.82) is 0 Å². The fraction of sp³-hybridized carbons (Fsp3) is 0.667. The molecule has 1 unspecified atom stereocenters. The molecule has 2 rings (SSSR count). The van der Waals surface area contributed by atoms with Gasteiger partial charge in [-0.15, -0.1) is 0 Å². The van der Waals surface area contributed by atoms with Crippen LogP contribution in [0.3, 0.4) is 0 Å². The molecule has 0 saturated carbocycles. The molecule has 18 heavy (non-hydrogen) atoms. The van der Waals surface area contributed by atoms with E-state index in [0.29, 0.717) is 17.9 Å². The summed E-state index contributed by atoms with van der Waals surface area (Å²) in [5, 5.41) is 16.1. The highest BCUT2D eigenvalue weighted by Gasteiger charge is 2.31. The van der Waals surface area contributed by atoms with Crippen molar-refractivity contribution in [2.75, 3.05) is 18.9 Å². The lowest BCUT2D eigenvalue weighted by Gasteiger charge is -2.22. The Bertz CT molecular complexity index is 430. The largest absolute Gasteiger partial charge is 0.395 e. The van der Waals surface area contributed by atoms with Crippen molar-refractivity contribution in [3.05, 3.63) is 11.4 Å². The molecule has 0 radical (unpaired) electrons. The van der Waals surface area contributed by atoms with Gasteiger partial charge in [-0.1, -0.05) is 13.3 Å². The third-order valence-electron chi connectivity index (χ3n) is 3.43. The van der Waals surface area contributed by atoms with Gasteiger partial charge >= 0.3 is 0 Å². The summed E-state index contributed by atoms with van der Waals surface area (Å²) in [4.78, 5) is 14.0. The van der Waals surface area contributed by atoms with Gasteiger partial charge in [0.1, 0.15) is 0 Å². The third-order valence-corrected chi connectivity index (χ3v) is 3.43. The molecular formula is C12H20N4O2. The molecule has 0 spiro atoms. The van der Waals surface area contributed by atoms with Gasteiger partial charge in [-0.05, 0) is 19.3 Å². The molecule has 1 saturated heterocycles. The first-order valence-corrected chi connectivity index (χ1v) is 6.43. The van der Waals surface area contributed by atoms with Crippen molar-refractivity contribution >= 4 is 11.6 Å². The zero-order chi connectivity index (χ0) is 13.1. The molecule has 100 valence electrons. The third kappa shape index (κ3) is 2.20. The van der Waals surface area contributed by atoms with Crippen LogP contribution in [0.4, 0.5) is 5.69 Å². The standard InChI is InChI=1S/C12H20N4O2/c1-2-4-9-10(13)11(15-14-9)12(18)16-6-3-5-8(16)7-17/h8,17H,2-7,13H2,1H3,(H,14,15). The Morgan fingerprint density at radius 3 is 3.11 bits per heavy atom. The number of hydrogen-bond donors (Lipinski definition) is 3. The van der Waals surface area contributed by atoms with E-state index in [4.69, 9.17) is 5.73 Å². The van der Waals surface area contributed by atoms with Crippen molar-refractivity contribution in [2.24, 2.45) is 0 Å². The average Bonchev–Trinajstić information content (AvgIpc) is 2.97. The zero-order valence-electron chi connectivity index (χ0n) is 10.6. The molecule has 6 nitrogen and oxygen atoms in total. The molecule has 1 aliphatic rings. The van der Waals surface area contributed by atoms with Gasteiger partial charge in [0.25, 0.3) is 5.91 Å². The first-order valence-electron chi connectivity index (χ1n) is 6.43. The predicted molar refractivity (Wildman–Crippen MR) is 68.1 cm³/mol. The number of rotatable bonds is 4. The average molecular weight is 252 g/mol. The van der Waals surface area contributed by atoms with Gasteiger partial charge in [0, 0.05) is 6.54 Å². The number of nitrogens with zero attached hydrogens (tertiary/aromatic N) is 2. The van der Waals surface area contributed by atoms with Crippen molar-refractivity contribution in [3.63, 3.8) is 0 Å². The summed E-state index contributed by atoms with van der Waals surface area (Å²) in [7, 11) is 0. The second-order valence-electron chi connectivity index (χ2n) is 4.69. The summed E-state index contributed by atoms with van der Waals surface area (Å²) in [6, 6.07) is -0.0942. The number of anilines is 1.